The zero-order valence-electron chi connectivity index (χ0n) is 9.79. The average molecular weight is 277 g/mol. The van der Waals surface area contributed by atoms with Gasteiger partial charge in [-0.1, -0.05) is 46.9 Å². The molecule has 6 heteroatoms. The van der Waals surface area contributed by atoms with Crippen molar-refractivity contribution in [2.45, 2.75) is 18.4 Å². The van der Waals surface area contributed by atoms with Gasteiger partial charge in [0.25, 0.3) is 0 Å². The van der Waals surface area contributed by atoms with Crippen LogP contribution in [0.2, 0.25) is 0 Å². The van der Waals surface area contributed by atoms with Crippen LogP contribution in [0.4, 0.5) is 5.69 Å². The Morgan fingerprint density at radius 1 is 1.39 bits per heavy atom. The summed E-state index contributed by atoms with van der Waals surface area (Å²) in [6, 6.07) is 8.23. The van der Waals surface area contributed by atoms with Gasteiger partial charge in [-0.05, 0) is 18.6 Å². The van der Waals surface area contributed by atoms with Crippen molar-refractivity contribution in [3.63, 3.8) is 0 Å². The number of benzene rings is 1. The van der Waals surface area contributed by atoms with Crippen LogP contribution < -0.4 is 0 Å². The highest BCUT2D eigenvalue weighted by molar-refractivity contribution is 8.38. The van der Waals surface area contributed by atoms with Crippen molar-refractivity contribution < 1.29 is 4.52 Å². The molecule has 0 bridgehead atoms. The summed E-state index contributed by atoms with van der Waals surface area (Å²) in [7, 11) is 0. The molecule has 92 valence electrons. The molecule has 1 aromatic heterocycles. The third-order valence-corrected chi connectivity index (χ3v) is 4.67. The van der Waals surface area contributed by atoms with E-state index in [-0.39, 0.29) is 0 Å². The third-order valence-electron chi connectivity index (χ3n) is 2.44. The molecule has 0 spiro atoms. The van der Waals surface area contributed by atoms with Gasteiger partial charge < -0.3 is 4.52 Å². The van der Waals surface area contributed by atoms with Crippen LogP contribution >= 0.6 is 23.5 Å². The van der Waals surface area contributed by atoms with E-state index < -0.39 is 0 Å². The molecular weight excluding hydrogens is 266 g/mol. The Bertz CT molecular complexity index is 595. The first kappa shape index (κ1) is 11.8. The summed E-state index contributed by atoms with van der Waals surface area (Å²) in [5.41, 5.74) is 2.36. The fourth-order valence-electron chi connectivity index (χ4n) is 1.61. The number of para-hydroxylation sites is 1. The number of aliphatic imine (C=N–C) groups is 1. The molecule has 0 atom stereocenters. The first-order valence-electron chi connectivity index (χ1n) is 5.52. The lowest BCUT2D eigenvalue weighted by molar-refractivity contribution is 0.387. The fourth-order valence-corrected chi connectivity index (χ4v) is 3.51. The van der Waals surface area contributed by atoms with Crippen molar-refractivity contribution in [1.82, 2.24) is 10.1 Å². The van der Waals surface area contributed by atoms with E-state index in [2.05, 4.69) is 21.2 Å². The van der Waals surface area contributed by atoms with Crippen LogP contribution in [0, 0.1) is 6.92 Å². The van der Waals surface area contributed by atoms with Crippen molar-refractivity contribution in [3.8, 4) is 0 Å². The first-order chi connectivity index (χ1) is 8.81. The van der Waals surface area contributed by atoms with Gasteiger partial charge in [0.1, 0.15) is 4.38 Å². The second-order valence-corrected chi connectivity index (χ2v) is 6.01. The van der Waals surface area contributed by atoms with Crippen LogP contribution in [-0.4, -0.2) is 14.5 Å². The molecule has 4 nitrogen and oxygen atoms in total. The zero-order valence-corrected chi connectivity index (χ0v) is 11.4. The Balaban J connectivity index is 1.70. The Kier molecular flexibility index (Phi) is 3.38. The van der Waals surface area contributed by atoms with Crippen LogP contribution in [0.15, 0.2) is 33.8 Å². The van der Waals surface area contributed by atoms with Gasteiger partial charge in [-0.3, -0.25) is 0 Å². The van der Waals surface area contributed by atoms with E-state index in [1.165, 1.54) is 5.56 Å². The SMILES string of the molecule is Cc1noc(CSC2=Nc3ccccc3CS2)n1. The molecule has 0 radical (unpaired) electrons. The summed E-state index contributed by atoms with van der Waals surface area (Å²) in [6.45, 7) is 1.82. The predicted molar refractivity (Wildman–Crippen MR) is 75.2 cm³/mol. The molecule has 3 rings (SSSR count). The van der Waals surface area contributed by atoms with Gasteiger partial charge >= 0.3 is 0 Å². The van der Waals surface area contributed by atoms with Gasteiger partial charge in [-0.2, -0.15) is 4.98 Å². The second kappa shape index (κ2) is 5.16. The molecule has 2 heterocycles. The molecule has 18 heavy (non-hydrogen) atoms. The summed E-state index contributed by atoms with van der Waals surface area (Å²) in [5.74, 6) is 2.98. The highest BCUT2D eigenvalue weighted by Gasteiger charge is 2.13. The van der Waals surface area contributed by atoms with Crippen molar-refractivity contribution in [2.24, 2.45) is 4.99 Å². The highest BCUT2D eigenvalue weighted by atomic mass is 32.2. The molecular formula is C12H11N3OS2. The fraction of sp³-hybridized carbons (Fsp3) is 0.250. The van der Waals surface area contributed by atoms with Gasteiger partial charge in [-0.25, -0.2) is 4.99 Å². The summed E-state index contributed by atoms with van der Waals surface area (Å²) in [6.07, 6.45) is 0. The van der Waals surface area contributed by atoms with E-state index in [0.29, 0.717) is 17.5 Å². The number of fused-ring (bicyclic) bond motifs is 1. The largest absolute Gasteiger partial charge is 0.338 e. The number of thioether (sulfide) groups is 2. The van der Waals surface area contributed by atoms with Crippen LogP contribution in [0.3, 0.4) is 0 Å². The van der Waals surface area contributed by atoms with Gasteiger partial charge in [0.2, 0.25) is 5.89 Å². The topological polar surface area (TPSA) is 51.3 Å². The number of rotatable bonds is 2. The molecule has 1 aromatic carbocycles. The van der Waals surface area contributed by atoms with Gasteiger partial charge in [0.05, 0.1) is 11.4 Å². The van der Waals surface area contributed by atoms with Crippen LogP contribution in [-0.2, 0) is 11.5 Å². The lowest BCUT2D eigenvalue weighted by Crippen LogP contribution is -1.96. The smallest absolute Gasteiger partial charge is 0.237 e. The summed E-state index contributed by atoms with van der Waals surface area (Å²) < 4.78 is 6.14. The number of hydrogen-bond donors (Lipinski definition) is 0. The normalized spacial score (nSPS) is 14.2. The molecule has 2 aromatic rings. The molecule has 0 saturated heterocycles. The Morgan fingerprint density at radius 2 is 2.28 bits per heavy atom. The van der Waals surface area contributed by atoms with E-state index in [1.807, 2.05) is 25.1 Å². The summed E-state index contributed by atoms with van der Waals surface area (Å²) in [4.78, 5) is 8.80. The maximum absolute atomic E-state index is 5.08. The minimum absolute atomic E-state index is 0.652. The van der Waals surface area contributed by atoms with Crippen molar-refractivity contribution in [2.75, 3.05) is 0 Å². The molecule has 0 amide bonds. The first-order valence-corrected chi connectivity index (χ1v) is 7.50. The van der Waals surface area contributed by atoms with E-state index in [9.17, 15) is 0 Å². The monoisotopic (exact) mass is 277 g/mol. The predicted octanol–water partition coefficient (Wildman–Crippen LogP) is 3.55. The summed E-state index contributed by atoms with van der Waals surface area (Å²) >= 11 is 3.40. The van der Waals surface area contributed by atoms with Crippen LogP contribution in [0.1, 0.15) is 17.3 Å². The Labute approximate surface area is 113 Å². The molecule has 0 fully saturated rings. The molecule has 0 N–H and O–H groups in total. The number of aryl methyl sites for hydroxylation is 1. The van der Waals surface area contributed by atoms with Gasteiger partial charge in [0.15, 0.2) is 5.82 Å². The lowest BCUT2D eigenvalue weighted by atomic mass is 10.2. The maximum atomic E-state index is 5.08. The second-order valence-electron chi connectivity index (χ2n) is 3.82. The number of hydrogen-bond acceptors (Lipinski definition) is 6. The van der Waals surface area contributed by atoms with Crippen LogP contribution in [0.5, 0.6) is 0 Å². The van der Waals surface area contributed by atoms with E-state index in [0.717, 1.165) is 15.8 Å². The molecule has 0 unspecified atom stereocenters. The minimum atomic E-state index is 0.652. The molecule has 0 saturated carbocycles. The maximum Gasteiger partial charge on any atom is 0.237 e. The van der Waals surface area contributed by atoms with Crippen molar-refractivity contribution in [1.29, 1.82) is 0 Å². The van der Waals surface area contributed by atoms with E-state index in [4.69, 9.17) is 4.52 Å². The lowest BCUT2D eigenvalue weighted by Gasteiger charge is -2.13. The van der Waals surface area contributed by atoms with Gasteiger partial charge in [-0.15, -0.1) is 0 Å². The number of aromatic nitrogens is 2. The van der Waals surface area contributed by atoms with E-state index in [1.54, 1.807) is 23.5 Å². The Hall–Kier alpha value is -1.27. The Morgan fingerprint density at radius 3 is 3.11 bits per heavy atom. The standard InChI is InChI=1S/C12H11N3OS2/c1-8-13-11(16-15-8)7-18-12-14-10-5-3-2-4-9(10)6-17-12/h2-5H,6-7H2,1H3. The average Bonchev–Trinajstić information content (AvgIpc) is 2.82. The molecule has 0 aliphatic carbocycles. The quantitative estimate of drug-likeness (QED) is 0.840. The third kappa shape index (κ3) is 2.59. The van der Waals surface area contributed by atoms with Crippen molar-refractivity contribution in [3.05, 3.63) is 41.5 Å². The summed E-state index contributed by atoms with van der Waals surface area (Å²) in [5, 5.41) is 3.77. The minimum Gasteiger partial charge on any atom is -0.338 e. The van der Waals surface area contributed by atoms with Gasteiger partial charge in [0, 0.05) is 5.75 Å². The number of nitrogens with zero attached hydrogens (tertiary/aromatic N) is 3. The van der Waals surface area contributed by atoms with Crippen LogP contribution in [0.25, 0.3) is 0 Å². The molecule has 1 aliphatic heterocycles. The highest BCUT2D eigenvalue weighted by Crippen LogP contribution is 2.35. The zero-order chi connectivity index (χ0) is 12.4. The van der Waals surface area contributed by atoms with Crippen molar-refractivity contribution >= 4 is 33.6 Å². The molecule has 1 aliphatic rings. The van der Waals surface area contributed by atoms with E-state index >= 15 is 0 Å².